The molecule has 2 heterocycles. The van der Waals surface area contributed by atoms with Crippen LogP contribution in [0.25, 0.3) is 0 Å². The molecule has 7 nitrogen and oxygen atoms in total. The number of nitrogens with zero attached hydrogens (tertiary/aromatic N) is 2. The Morgan fingerprint density at radius 1 is 1.07 bits per heavy atom. The highest BCUT2D eigenvalue weighted by Crippen LogP contribution is 2.14. The Bertz CT molecular complexity index is 797. The molecular formula is C19H21N3O4S. The van der Waals surface area contributed by atoms with Gasteiger partial charge in [0.2, 0.25) is 5.91 Å². The Morgan fingerprint density at radius 3 is 2.37 bits per heavy atom. The fraction of sp³-hybridized carbons (Fsp3) is 0.316. The Labute approximate surface area is 161 Å². The van der Waals surface area contributed by atoms with Crippen LogP contribution in [0.3, 0.4) is 0 Å². The van der Waals surface area contributed by atoms with Crippen molar-refractivity contribution in [2.24, 2.45) is 0 Å². The Kier molecular flexibility index (Phi) is 6.20. The summed E-state index contributed by atoms with van der Waals surface area (Å²) in [5, 5.41) is 4.28. The number of hydrogen-bond acceptors (Lipinski definition) is 6. The number of piperazine rings is 1. The van der Waals surface area contributed by atoms with Crippen molar-refractivity contribution in [3.63, 3.8) is 0 Å². The molecule has 0 radical (unpaired) electrons. The van der Waals surface area contributed by atoms with Gasteiger partial charge >= 0.3 is 0 Å². The molecule has 1 saturated heterocycles. The summed E-state index contributed by atoms with van der Waals surface area (Å²) in [6, 6.07) is 10.2. The van der Waals surface area contributed by atoms with E-state index in [0.717, 1.165) is 4.88 Å². The highest BCUT2D eigenvalue weighted by atomic mass is 32.1. The predicted molar refractivity (Wildman–Crippen MR) is 102 cm³/mol. The van der Waals surface area contributed by atoms with Crippen molar-refractivity contribution in [2.45, 2.75) is 0 Å². The molecule has 1 aromatic heterocycles. The number of carbonyl (C=O) groups excluding carboxylic acids is 3. The lowest BCUT2D eigenvalue weighted by Gasteiger charge is -2.34. The number of ether oxygens (including phenoxy) is 1. The number of amides is 3. The lowest BCUT2D eigenvalue weighted by atomic mass is 10.2. The maximum absolute atomic E-state index is 12.3. The van der Waals surface area contributed by atoms with E-state index in [0.29, 0.717) is 37.5 Å². The van der Waals surface area contributed by atoms with Gasteiger partial charge in [0.15, 0.2) is 0 Å². The maximum Gasteiger partial charge on any atom is 0.264 e. The van der Waals surface area contributed by atoms with Crippen LogP contribution in [0, 0.1) is 0 Å². The molecule has 142 valence electrons. The van der Waals surface area contributed by atoms with E-state index < -0.39 is 5.91 Å². The third-order valence-electron chi connectivity index (χ3n) is 4.36. The summed E-state index contributed by atoms with van der Waals surface area (Å²) in [6.07, 6.45) is 0. The van der Waals surface area contributed by atoms with Gasteiger partial charge in [-0.05, 0) is 35.7 Å². The second-order valence-corrected chi connectivity index (χ2v) is 7.10. The molecule has 1 aromatic carbocycles. The molecule has 3 rings (SSSR count). The molecule has 1 fully saturated rings. The van der Waals surface area contributed by atoms with E-state index in [1.165, 1.54) is 11.3 Å². The van der Waals surface area contributed by atoms with Gasteiger partial charge in [0.05, 0.1) is 18.5 Å². The third kappa shape index (κ3) is 4.93. The zero-order valence-corrected chi connectivity index (χ0v) is 15.8. The SMILES string of the molecule is COc1ccc(C(=O)NC(=O)CN2CCN(C(=O)c3cccs3)CC2)cc1. The molecule has 0 bridgehead atoms. The highest BCUT2D eigenvalue weighted by Gasteiger charge is 2.24. The first-order chi connectivity index (χ1) is 13.1. The van der Waals surface area contributed by atoms with Crippen LogP contribution in [-0.4, -0.2) is 67.4 Å². The van der Waals surface area contributed by atoms with Crippen molar-refractivity contribution < 1.29 is 19.1 Å². The summed E-state index contributed by atoms with van der Waals surface area (Å²) in [6.45, 7) is 2.46. The highest BCUT2D eigenvalue weighted by molar-refractivity contribution is 7.12. The van der Waals surface area contributed by atoms with Gasteiger partial charge in [0.1, 0.15) is 5.75 Å². The second kappa shape index (κ2) is 8.79. The quantitative estimate of drug-likeness (QED) is 0.841. The minimum absolute atomic E-state index is 0.0313. The van der Waals surface area contributed by atoms with E-state index in [-0.39, 0.29) is 18.4 Å². The molecule has 0 spiro atoms. The minimum atomic E-state index is -0.436. The Morgan fingerprint density at radius 2 is 1.78 bits per heavy atom. The fourth-order valence-corrected chi connectivity index (χ4v) is 3.54. The molecule has 0 atom stereocenters. The minimum Gasteiger partial charge on any atom is -0.497 e. The molecule has 1 aliphatic heterocycles. The Balaban J connectivity index is 1.45. The molecule has 1 aliphatic rings. The number of imide groups is 1. The van der Waals surface area contributed by atoms with E-state index in [4.69, 9.17) is 4.74 Å². The fourth-order valence-electron chi connectivity index (χ4n) is 2.85. The van der Waals surface area contributed by atoms with Gasteiger partial charge in [-0.2, -0.15) is 0 Å². The van der Waals surface area contributed by atoms with Crippen molar-refractivity contribution in [1.82, 2.24) is 15.1 Å². The van der Waals surface area contributed by atoms with Gasteiger partial charge in [0.25, 0.3) is 11.8 Å². The lowest BCUT2D eigenvalue weighted by Crippen LogP contribution is -2.51. The van der Waals surface area contributed by atoms with Crippen LogP contribution in [0.5, 0.6) is 5.75 Å². The van der Waals surface area contributed by atoms with Gasteiger partial charge in [-0.1, -0.05) is 6.07 Å². The smallest absolute Gasteiger partial charge is 0.264 e. The summed E-state index contributed by atoms with van der Waals surface area (Å²) in [5.41, 5.74) is 0.399. The van der Waals surface area contributed by atoms with Crippen molar-refractivity contribution in [1.29, 1.82) is 0 Å². The molecule has 3 amide bonds. The van der Waals surface area contributed by atoms with Crippen LogP contribution in [0.1, 0.15) is 20.0 Å². The number of rotatable bonds is 5. The summed E-state index contributed by atoms with van der Waals surface area (Å²) in [5.74, 6) is -0.111. The van der Waals surface area contributed by atoms with Crippen molar-refractivity contribution in [2.75, 3.05) is 39.8 Å². The Hall–Kier alpha value is -2.71. The molecule has 0 aliphatic carbocycles. The predicted octanol–water partition coefficient (Wildman–Crippen LogP) is 1.47. The van der Waals surface area contributed by atoms with Crippen LogP contribution in [0.15, 0.2) is 41.8 Å². The monoisotopic (exact) mass is 387 g/mol. The van der Waals surface area contributed by atoms with Crippen molar-refractivity contribution in [3.05, 3.63) is 52.2 Å². The van der Waals surface area contributed by atoms with E-state index in [1.54, 1.807) is 36.3 Å². The van der Waals surface area contributed by atoms with Gasteiger partial charge in [-0.15, -0.1) is 11.3 Å². The summed E-state index contributed by atoms with van der Waals surface area (Å²) in [7, 11) is 1.55. The molecule has 0 unspecified atom stereocenters. The van der Waals surface area contributed by atoms with Gasteiger partial charge in [-0.3, -0.25) is 24.6 Å². The van der Waals surface area contributed by atoms with Crippen LogP contribution in [0.4, 0.5) is 0 Å². The molecule has 27 heavy (non-hydrogen) atoms. The number of nitrogens with one attached hydrogen (secondary N) is 1. The number of hydrogen-bond donors (Lipinski definition) is 1. The average Bonchev–Trinajstić information content (AvgIpc) is 3.23. The first-order valence-electron chi connectivity index (χ1n) is 8.60. The van der Waals surface area contributed by atoms with E-state index in [1.807, 2.05) is 22.4 Å². The van der Waals surface area contributed by atoms with E-state index in [9.17, 15) is 14.4 Å². The lowest BCUT2D eigenvalue weighted by molar-refractivity contribution is -0.121. The molecule has 8 heteroatoms. The normalized spacial score (nSPS) is 14.6. The maximum atomic E-state index is 12.3. The van der Waals surface area contributed by atoms with Gasteiger partial charge in [0, 0.05) is 31.7 Å². The number of benzene rings is 1. The number of thiophene rings is 1. The topological polar surface area (TPSA) is 79.0 Å². The van der Waals surface area contributed by atoms with Gasteiger partial charge in [-0.25, -0.2) is 0 Å². The molecule has 1 N–H and O–H groups in total. The molecule has 2 aromatic rings. The molecule has 0 saturated carbocycles. The van der Waals surface area contributed by atoms with Crippen LogP contribution < -0.4 is 10.1 Å². The van der Waals surface area contributed by atoms with E-state index >= 15 is 0 Å². The number of methoxy groups -OCH3 is 1. The van der Waals surface area contributed by atoms with Crippen LogP contribution >= 0.6 is 11.3 Å². The van der Waals surface area contributed by atoms with Gasteiger partial charge < -0.3 is 9.64 Å². The molecular weight excluding hydrogens is 366 g/mol. The van der Waals surface area contributed by atoms with Crippen molar-refractivity contribution in [3.8, 4) is 5.75 Å². The van der Waals surface area contributed by atoms with Crippen molar-refractivity contribution >= 4 is 29.1 Å². The third-order valence-corrected chi connectivity index (χ3v) is 5.22. The summed E-state index contributed by atoms with van der Waals surface area (Å²) in [4.78, 5) is 41.1. The van der Waals surface area contributed by atoms with E-state index in [2.05, 4.69) is 5.32 Å². The second-order valence-electron chi connectivity index (χ2n) is 6.15. The zero-order valence-electron chi connectivity index (χ0n) is 15.0. The zero-order chi connectivity index (χ0) is 19.2. The summed E-state index contributed by atoms with van der Waals surface area (Å²) < 4.78 is 5.05. The standard InChI is InChI=1S/C19H21N3O4S/c1-26-15-6-4-14(5-7-15)18(24)20-17(23)13-21-8-10-22(11-9-21)19(25)16-3-2-12-27-16/h2-7,12H,8-11,13H2,1H3,(H,20,23,24). The summed E-state index contributed by atoms with van der Waals surface area (Å²) >= 11 is 1.43. The first-order valence-corrected chi connectivity index (χ1v) is 9.48. The van der Waals surface area contributed by atoms with Crippen LogP contribution in [0.2, 0.25) is 0 Å². The largest absolute Gasteiger partial charge is 0.497 e. The number of carbonyl (C=O) groups is 3. The average molecular weight is 387 g/mol. The van der Waals surface area contributed by atoms with Crippen LogP contribution in [-0.2, 0) is 4.79 Å². The first kappa shape index (κ1) is 19.1.